The minimum absolute atomic E-state index is 0.530. The summed E-state index contributed by atoms with van der Waals surface area (Å²) in [4.78, 5) is 0. The van der Waals surface area contributed by atoms with E-state index in [1.807, 2.05) is 0 Å². The van der Waals surface area contributed by atoms with Crippen molar-refractivity contribution in [3.63, 3.8) is 0 Å². The summed E-state index contributed by atoms with van der Waals surface area (Å²) in [7, 11) is 0. The van der Waals surface area contributed by atoms with Gasteiger partial charge in [0.05, 0.1) is 16.8 Å². The highest BCUT2D eigenvalue weighted by atomic mass is 14.9. The van der Waals surface area contributed by atoms with E-state index in [0.717, 1.165) is 13.0 Å². The van der Waals surface area contributed by atoms with Gasteiger partial charge in [-0.3, -0.25) is 0 Å². The molecule has 1 N–H and O–H groups in total. The molecule has 0 saturated heterocycles. The Morgan fingerprint density at radius 2 is 1.75 bits per heavy atom. The first-order valence-corrected chi connectivity index (χ1v) is 5.36. The summed E-state index contributed by atoms with van der Waals surface area (Å²) in [6, 6.07) is 9.36. The van der Waals surface area contributed by atoms with Crippen LogP contribution in [0.3, 0.4) is 0 Å². The first kappa shape index (κ1) is 12.1. The van der Waals surface area contributed by atoms with Crippen LogP contribution in [0.2, 0.25) is 0 Å². The van der Waals surface area contributed by atoms with Crippen LogP contribution in [0.1, 0.15) is 31.4 Å². The van der Waals surface area contributed by atoms with E-state index in [0.29, 0.717) is 22.7 Å². The van der Waals surface area contributed by atoms with E-state index in [2.05, 4.69) is 31.3 Å². The Bertz CT molecular complexity index is 403. The van der Waals surface area contributed by atoms with Crippen LogP contribution >= 0.6 is 0 Å². The van der Waals surface area contributed by atoms with Gasteiger partial charge in [-0.2, -0.15) is 10.5 Å². The molecule has 0 bridgehead atoms. The highest BCUT2D eigenvalue weighted by molar-refractivity contribution is 5.66. The zero-order valence-electron chi connectivity index (χ0n) is 9.62. The number of para-hydroxylation sites is 1. The van der Waals surface area contributed by atoms with Crippen molar-refractivity contribution in [3.05, 3.63) is 29.3 Å². The van der Waals surface area contributed by atoms with Crippen molar-refractivity contribution in [2.45, 2.75) is 20.3 Å². The van der Waals surface area contributed by atoms with Gasteiger partial charge in [-0.05, 0) is 24.5 Å². The summed E-state index contributed by atoms with van der Waals surface area (Å²) in [5, 5.41) is 21.1. The van der Waals surface area contributed by atoms with Crippen molar-refractivity contribution >= 4 is 5.69 Å². The Labute approximate surface area is 96.3 Å². The molecule has 1 aromatic carbocycles. The fourth-order valence-corrected chi connectivity index (χ4v) is 1.41. The van der Waals surface area contributed by atoms with Crippen molar-refractivity contribution in [2.75, 3.05) is 11.9 Å². The molecule has 0 heterocycles. The Hall–Kier alpha value is -2.00. The van der Waals surface area contributed by atoms with Gasteiger partial charge in [-0.25, -0.2) is 0 Å². The van der Waals surface area contributed by atoms with Crippen molar-refractivity contribution < 1.29 is 0 Å². The summed E-state index contributed by atoms with van der Waals surface area (Å²) < 4.78 is 0. The lowest BCUT2D eigenvalue weighted by Crippen LogP contribution is -2.07. The fourth-order valence-electron chi connectivity index (χ4n) is 1.41. The molecule has 0 aromatic heterocycles. The average molecular weight is 213 g/mol. The smallest absolute Gasteiger partial charge is 0.101 e. The molecule has 16 heavy (non-hydrogen) atoms. The van der Waals surface area contributed by atoms with Crippen LogP contribution in [0, 0.1) is 28.6 Å². The number of nitriles is 2. The van der Waals surface area contributed by atoms with Crippen LogP contribution in [-0.2, 0) is 0 Å². The number of nitrogens with zero attached hydrogens (tertiary/aromatic N) is 2. The predicted octanol–water partition coefficient (Wildman–Crippen LogP) is 2.89. The normalized spacial score (nSPS) is 9.56. The molecule has 0 spiro atoms. The van der Waals surface area contributed by atoms with Crippen LogP contribution in [0.5, 0.6) is 0 Å². The number of hydrogen-bond donors (Lipinski definition) is 1. The summed E-state index contributed by atoms with van der Waals surface area (Å²) in [6.07, 6.45) is 1.02. The molecular formula is C13H15N3. The molecule has 1 aromatic rings. The number of rotatable bonds is 4. The number of hydrogen-bond acceptors (Lipinski definition) is 3. The Balaban J connectivity index is 2.85. The number of nitrogens with one attached hydrogen (secondary N) is 1. The molecule has 0 amide bonds. The van der Waals surface area contributed by atoms with Crippen molar-refractivity contribution in [1.29, 1.82) is 10.5 Å². The minimum Gasteiger partial charge on any atom is -0.383 e. The van der Waals surface area contributed by atoms with Crippen molar-refractivity contribution in [2.24, 2.45) is 5.92 Å². The maximum Gasteiger partial charge on any atom is 0.101 e. The van der Waals surface area contributed by atoms with Crippen molar-refractivity contribution in [3.8, 4) is 12.1 Å². The maximum absolute atomic E-state index is 8.95. The highest BCUT2D eigenvalue weighted by Crippen LogP contribution is 2.20. The molecule has 82 valence electrons. The number of anilines is 1. The Kier molecular flexibility index (Phi) is 4.36. The second kappa shape index (κ2) is 5.78. The first-order chi connectivity index (χ1) is 7.69. The largest absolute Gasteiger partial charge is 0.383 e. The molecule has 0 atom stereocenters. The quantitative estimate of drug-likeness (QED) is 0.836. The van der Waals surface area contributed by atoms with Gasteiger partial charge in [-0.1, -0.05) is 19.9 Å². The van der Waals surface area contributed by atoms with E-state index in [-0.39, 0.29) is 0 Å². The highest BCUT2D eigenvalue weighted by Gasteiger charge is 2.07. The van der Waals surface area contributed by atoms with Gasteiger partial charge in [0, 0.05) is 6.54 Å². The van der Waals surface area contributed by atoms with Gasteiger partial charge in [0.1, 0.15) is 12.1 Å². The topological polar surface area (TPSA) is 59.6 Å². The summed E-state index contributed by atoms with van der Waals surface area (Å²) in [5.41, 5.74) is 1.72. The average Bonchev–Trinajstić information content (AvgIpc) is 2.28. The summed E-state index contributed by atoms with van der Waals surface area (Å²) in [5.74, 6) is 0.604. The van der Waals surface area contributed by atoms with Crippen molar-refractivity contribution in [1.82, 2.24) is 0 Å². The lowest BCUT2D eigenvalue weighted by Gasteiger charge is -2.11. The number of benzene rings is 1. The lowest BCUT2D eigenvalue weighted by atomic mass is 10.1. The molecule has 0 fully saturated rings. The molecule has 0 aliphatic rings. The Morgan fingerprint density at radius 3 is 2.19 bits per heavy atom. The molecule has 3 nitrogen and oxygen atoms in total. The summed E-state index contributed by atoms with van der Waals surface area (Å²) in [6.45, 7) is 5.07. The van der Waals surface area contributed by atoms with Crippen LogP contribution in [-0.4, -0.2) is 6.54 Å². The minimum atomic E-state index is 0.530. The van der Waals surface area contributed by atoms with Gasteiger partial charge in [-0.15, -0.1) is 0 Å². The van der Waals surface area contributed by atoms with E-state index in [9.17, 15) is 0 Å². The van der Waals surface area contributed by atoms with Crippen LogP contribution in [0.15, 0.2) is 18.2 Å². The molecule has 0 aliphatic carbocycles. The van der Waals surface area contributed by atoms with Gasteiger partial charge in [0.15, 0.2) is 0 Å². The third kappa shape index (κ3) is 3.00. The first-order valence-electron chi connectivity index (χ1n) is 5.36. The zero-order chi connectivity index (χ0) is 12.0. The third-order valence-corrected chi connectivity index (χ3v) is 2.33. The monoisotopic (exact) mass is 213 g/mol. The SMILES string of the molecule is CC(C)CCNc1c(C#N)cccc1C#N. The van der Waals surface area contributed by atoms with E-state index in [4.69, 9.17) is 10.5 Å². The Morgan fingerprint density at radius 1 is 1.19 bits per heavy atom. The van der Waals surface area contributed by atoms with Gasteiger partial charge >= 0.3 is 0 Å². The predicted molar refractivity (Wildman–Crippen MR) is 63.8 cm³/mol. The fraction of sp³-hybridized carbons (Fsp3) is 0.385. The third-order valence-electron chi connectivity index (χ3n) is 2.33. The molecule has 3 heteroatoms. The second-order valence-electron chi connectivity index (χ2n) is 4.06. The molecule has 0 saturated carbocycles. The molecule has 1 rings (SSSR count). The van der Waals surface area contributed by atoms with E-state index in [1.165, 1.54) is 0 Å². The van der Waals surface area contributed by atoms with Gasteiger partial charge in [0.2, 0.25) is 0 Å². The van der Waals surface area contributed by atoms with E-state index in [1.54, 1.807) is 18.2 Å². The van der Waals surface area contributed by atoms with Crippen LogP contribution in [0.25, 0.3) is 0 Å². The second-order valence-corrected chi connectivity index (χ2v) is 4.06. The van der Waals surface area contributed by atoms with Gasteiger partial charge in [0.25, 0.3) is 0 Å². The maximum atomic E-state index is 8.95. The molecule has 0 unspecified atom stereocenters. The standard InChI is InChI=1S/C13H15N3/c1-10(2)6-7-16-13-11(8-14)4-3-5-12(13)9-15/h3-5,10,16H,6-7H2,1-2H3. The zero-order valence-corrected chi connectivity index (χ0v) is 9.62. The van der Waals surface area contributed by atoms with Crippen LogP contribution < -0.4 is 5.32 Å². The van der Waals surface area contributed by atoms with Gasteiger partial charge < -0.3 is 5.32 Å². The molecule has 0 radical (unpaired) electrons. The molecule has 0 aliphatic heterocycles. The van der Waals surface area contributed by atoms with E-state index < -0.39 is 0 Å². The lowest BCUT2D eigenvalue weighted by molar-refractivity contribution is 0.607. The molecular weight excluding hydrogens is 198 g/mol. The van der Waals surface area contributed by atoms with E-state index >= 15 is 0 Å². The summed E-state index contributed by atoms with van der Waals surface area (Å²) >= 11 is 0. The van der Waals surface area contributed by atoms with Crippen LogP contribution in [0.4, 0.5) is 5.69 Å².